The van der Waals surface area contributed by atoms with Crippen LogP contribution in [0.5, 0.6) is 5.75 Å². The Morgan fingerprint density at radius 1 is 1.09 bits per heavy atom. The Bertz CT molecular complexity index is 899. The number of hydrogen-bond donors (Lipinski definition) is 3. The van der Waals surface area contributed by atoms with Crippen molar-refractivity contribution in [2.24, 2.45) is 5.92 Å². The quantitative estimate of drug-likeness (QED) is 0.340. The van der Waals surface area contributed by atoms with Gasteiger partial charge in [-0.15, -0.1) is 0 Å². The summed E-state index contributed by atoms with van der Waals surface area (Å²) in [5.41, 5.74) is 1.85. The molecule has 1 atom stereocenters. The number of aliphatic carboxylic acids is 2. The van der Waals surface area contributed by atoms with Gasteiger partial charge in [0.05, 0.1) is 18.7 Å². The van der Waals surface area contributed by atoms with Crippen LogP contribution in [0, 0.1) is 5.92 Å². The van der Waals surface area contributed by atoms with Crippen LogP contribution < -0.4 is 4.74 Å². The number of aromatic nitrogens is 1. The maximum absolute atomic E-state index is 10.9. The average Bonchev–Trinajstić information content (AvgIpc) is 2.84. The molecule has 1 aliphatic rings. The van der Waals surface area contributed by atoms with E-state index in [1.807, 2.05) is 24.3 Å². The number of benzene rings is 1. The molecule has 188 valence electrons. The number of likely N-dealkylation sites (tertiary alicyclic amines) is 1. The molecule has 1 aromatic heterocycles. The fourth-order valence-corrected chi connectivity index (χ4v) is 4.40. The number of carbonyl (C=O) groups is 2. The van der Waals surface area contributed by atoms with Crippen LogP contribution in [0.2, 0.25) is 0 Å². The number of aliphatic hydroxyl groups excluding tert-OH is 1. The monoisotopic (exact) mass is 474 g/mol. The number of nitrogens with zero attached hydrogens (tertiary/aromatic N) is 2. The van der Waals surface area contributed by atoms with Gasteiger partial charge < -0.3 is 25.0 Å². The minimum atomic E-state index is -1.82. The van der Waals surface area contributed by atoms with Crippen molar-refractivity contribution in [3.05, 3.63) is 36.0 Å². The van der Waals surface area contributed by atoms with Crippen LogP contribution in [0.3, 0.4) is 0 Å². The number of rotatable bonds is 10. The topological polar surface area (TPSA) is 120 Å². The summed E-state index contributed by atoms with van der Waals surface area (Å²) < 4.78 is 5.35. The third-order valence-electron chi connectivity index (χ3n) is 6.38. The Balaban J connectivity index is 0.000000604. The zero-order valence-corrected chi connectivity index (χ0v) is 20.3. The molecule has 1 aliphatic heterocycles. The molecule has 1 fully saturated rings. The standard InChI is InChI=1S/C24H36N2O2.C2H2O4/c1-3-4-5-6-7-8-19-12-15-26(16-13-19)18-24(27)21-11-14-25-23-10-9-20(28-2)17-22(21)23;3-1(4)2(5)6/h9-11,14,17,19,24,27H,3-8,12-13,15-16,18H2,1-2H3;(H,3,4)(H,5,6)/t24-;/m0./s1. The molecule has 0 saturated carbocycles. The van der Waals surface area contributed by atoms with E-state index in [4.69, 9.17) is 24.5 Å². The van der Waals surface area contributed by atoms with E-state index >= 15 is 0 Å². The van der Waals surface area contributed by atoms with Gasteiger partial charge in [-0.3, -0.25) is 4.98 Å². The molecule has 1 aromatic carbocycles. The summed E-state index contributed by atoms with van der Waals surface area (Å²) in [6.07, 6.45) is 12.1. The number of hydrogen-bond acceptors (Lipinski definition) is 6. The minimum Gasteiger partial charge on any atom is -0.497 e. The third kappa shape index (κ3) is 8.91. The van der Waals surface area contributed by atoms with E-state index in [-0.39, 0.29) is 0 Å². The Labute approximate surface area is 201 Å². The van der Waals surface area contributed by atoms with Crippen molar-refractivity contribution in [1.29, 1.82) is 0 Å². The second kappa shape index (κ2) is 14.5. The van der Waals surface area contributed by atoms with Gasteiger partial charge in [0.15, 0.2) is 0 Å². The van der Waals surface area contributed by atoms with E-state index in [0.717, 1.165) is 41.2 Å². The van der Waals surface area contributed by atoms with Crippen LogP contribution in [-0.2, 0) is 9.59 Å². The molecule has 8 heteroatoms. The molecule has 3 rings (SSSR count). The summed E-state index contributed by atoms with van der Waals surface area (Å²) in [5.74, 6) is -1.97. The van der Waals surface area contributed by atoms with Crippen molar-refractivity contribution in [2.45, 2.75) is 64.4 Å². The number of β-amino-alcohol motifs (C(OH)–C–C–N with tert-alkyl or cyclic N) is 1. The number of carboxylic acid groups (broad SMARTS) is 2. The molecule has 0 amide bonds. The van der Waals surface area contributed by atoms with Gasteiger partial charge in [0.2, 0.25) is 0 Å². The maximum atomic E-state index is 10.9. The summed E-state index contributed by atoms with van der Waals surface area (Å²) in [6.45, 7) is 5.17. The van der Waals surface area contributed by atoms with E-state index < -0.39 is 18.0 Å². The Hall–Kier alpha value is -2.71. The molecule has 2 aromatic rings. The highest BCUT2D eigenvalue weighted by Gasteiger charge is 2.22. The molecule has 1 saturated heterocycles. The van der Waals surface area contributed by atoms with E-state index in [1.54, 1.807) is 13.3 Å². The van der Waals surface area contributed by atoms with Crippen LogP contribution in [0.25, 0.3) is 10.9 Å². The largest absolute Gasteiger partial charge is 0.497 e. The molecular weight excluding hydrogens is 436 g/mol. The Morgan fingerprint density at radius 2 is 1.76 bits per heavy atom. The van der Waals surface area contributed by atoms with Crippen LogP contribution in [0.15, 0.2) is 30.5 Å². The lowest BCUT2D eigenvalue weighted by atomic mass is 9.90. The van der Waals surface area contributed by atoms with Gasteiger partial charge in [-0.05, 0) is 61.7 Å². The number of pyridine rings is 1. The zero-order valence-electron chi connectivity index (χ0n) is 20.3. The first-order valence-electron chi connectivity index (χ1n) is 12.1. The molecule has 0 radical (unpaired) electrons. The Morgan fingerprint density at radius 3 is 2.38 bits per heavy atom. The summed E-state index contributed by atoms with van der Waals surface area (Å²) in [6, 6.07) is 7.79. The predicted octanol–water partition coefficient (Wildman–Crippen LogP) is 4.50. The number of fused-ring (bicyclic) bond motifs is 1. The molecule has 0 unspecified atom stereocenters. The van der Waals surface area contributed by atoms with Gasteiger partial charge in [-0.1, -0.05) is 45.4 Å². The van der Waals surface area contributed by atoms with E-state index in [2.05, 4.69) is 16.8 Å². The van der Waals surface area contributed by atoms with Gasteiger partial charge in [-0.2, -0.15) is 0 Å². The average molecular weight is 475 g/mol. The van der Waals surface area contributed by atoms with Crippen molar-refractivity contribution >= 4 is 22.8 Å². The Kier molecular flexibility index (Phi) is 11.8. The molecule has 0 bridgehead atoms. The fourth-order valence-electron chi connectivity index (χ4n) is 4.40. The highest BCUT2D eigenvalue weighted by Crippen LogP contribution is 2.29. The van der Waals surface area contributed by atoms with Gasteiger partial charge in [0.25, 0.3) is 0 Å². The first kappa shape index (κ1) is 27.5. The van der Waals surface area contributed by atoms with E-state index in [9.17, 15) is 5.11 Å². The molecule has 0 aliphatic carbocycles. The number of unbranched alkanes of at least 4 members (excludes halogenated alkanes) is 4. The zero-order chi connectivity index (χ0) is 24.9. The lowest BCUT2D eigenvalue weighted by Gasteiger charge is -2.33. The number of aliphatic hydroxyl groups is 1. The predicted molar refractivity (Wildman–Crippen MR) is 131 cm³/mol. The molecule has 3 N–H and O–H groups in total. The van der Waals surface area contributed by atoms with Crippen molar-refractivity contribution in [3.63, 3.8) is 0 Å². The summed E-state index contributed by atoms with van der Waals surface area (Å²) in [4.78, 5) is 25.0. The van der Waals surface area contributed by atoms with Crippen molar-refractivity contribution in [2.75, 3.05) is 26.7 Å². The van der Waals surface area contributed by atoms with Crippen LogP contribution in [-0.4, -0.2) is 63.9 Å². The van der Waals surface area contributed by atoms with Gasteiger partial charge in [0.1, 0.15) is 5.75 Å². The molecule has 8 nitrogen and oxygen atoms in total. The SMILES string of the molecule is CCCCCCCC1CCN(C[C@H](O)c2ccnc3ccc(OC)cc23)CC1.O=C(O)C(=O)O. The summed E-state index contributed by atoms with van der Waals surface area (Å²) in [7, 11) is 1.67. The van der Waals surface area contributed by atoms with Crippen molar-refractivity contribution in [3.8, 4) is 5.75 Å². The van der Waals surface area contributed by atoms with Gasteiger partial charge in [0, 0.05) is 18.1 Å². The second-order valence-electron chi connectivity index (χ2n) is 8.86. The van der Waals surface area contributed by atoms with Gasteiger partial charge >= 0.3 is 11.9 Å². The van der Waals surface area contributed by atoms with Gasteiger partial charge in [-0.25, -0.2) is 9.59 Å². The number of piperidine rings is 1. The highest BCUT2D eigenvalue weighted by molar-refractivity contribution is 6.27. The number of ether oxygens (including phenoxy) is 1. The molecule has 0 spiro atoms. The smallest absolute Gasteiger partial charge is 0.414 e. The lowest BCUT2D eigenvalue weighted by molar-refractivity contribution is -0.159. The first-order chi connectivity index (χ1) is 16.3. The normalized spacial score (nSPS) is 15.4. The van der Waals surface area contributed by atoms with Crippen LogP contribution in [0.1, 0.15) is 70.0 Å². The van der Waals surface area contributed by atoms with E-state index in [1.165, 1.54) is 51.4 Å². The first-order valence-corrected chi connectivity index (χ1v) is 12.1. The van der Waals surface area contributed by atoms with Crippen LogP contribution in [0.4, 0.5) is 0 Å². The highest BCUT2D eigenvalue weighted by atomic mass is 16.5. The third-order valence-corrected chi connectivity index (χ3v) is 6.38. The lowest BCUT2D eigenvalue weighted by Crippen LogP contribution is -2.36. The minimum absolute atomic E-state index is 0.497. The molecule has 34 heavy (non-hydrogen) atoms. The van der Waals surface area contributed by atoms with Crippen molar-refractivity contribution in [1.82, 2.24) is 9.88 Å². The fraction of sp³-hybridized carbons (Fsp3) is 0.577. The maximum Gasteiger partial charge on any atom is 0.414 e. The number of methoxy groups -OCH3 is 1. The van der Waals surface area contributed by atoms with Crippen molar-refractivity contribution < 1.29 is 29.6 Å². The summed E-state index contributed by atoms with van der Waals surface area (Å²) >= 11 is 0. The number of carboxylic acids is 2. The summed E-state index contributed by atoms with van der Waals surface area (Å²) in [5, 5.41) is 26.7. The second-order valence-corrected chi connectivity index (χ2v) is 8.86. The molecular formula is C26H38N2O6. The van der Waals surface area contributed by atoms with Crippen LogP contribution >= 0.6 is 0 Å². The van der Waals surface area contributed by atoms with E-state index in [0.29, 0.717) is 6.54 Å². The molecule has 2 heterocycles.